The Hall–Kier alpha value is -0.650. The summed E-state index contributed by atoms with van der Waals surface area (Å²) in [5.74, 6) is -1.17. The van der Waals surface area contributed by atoms with Crippen LogP contribution in [0.3, 0.4) is 0 Å². The highest BCUT2D eigenvalue weighted by Crippen LogP contribution is 2.16. The van der Waals surface area contributed by atoms with Crippen LogP contribution < -0.4 is 11.5 Å². The quantitative estimate of drug-likeness (QED) is 0.413. The molecule has 0 aromatic carbocycles. The molecular weight excluding hydrogens is 172 g/mol. The van der Waals surface area contributed by atoms with Gasteiger partial charge in [-0.05, 0) is 32.7 Å². The SMILES string of the molecule is C[C@@H](O)C(N)(CCCCN)C(=O)O. The monoisotopic (exact) mass is 190 g/mol. The molecule has 0 aliphatic rings. The first-order valence-corrected chi connectivity index (χ1v) is 4.35. The maximum atomic E-state index is 10.7. The van der Waals surface area contributed by atoms with E-state index in [1.165, 1.54) is 6.92 Å². The van der Waals surface area contributed by atoms with E-state index >= 15 is 0 Å². The molecule has 0 radical (unpaired) electrons. The summed E-state index contributed by atoms with van der Waals surface area (Å²) in [7, 11) is 0. The third kappa shape index (κ3) is 3.30. The van der Waals surface area contributed by atoms with Crippen LogP contribution >= 0.6 is 0 Å². The largest absolute Gasteiger partial charge is 0.480 e. The zero-order valence-electron chi connectivity index (χ0n) is 7.86. The summed E-state index contributed by atoms with van der Waals surface area (Å²) < 4.78 is 0. The van der Waals surface area contributed by atoms with Crippen molar-refractivity contribution >= 4 is 5.97 Å². The average Bonchev–Trinajstić information content (AvgIpc) is 2.03. The topological polar surface area (TPSA) is 110 Å². The Morgan fingerprint density at radius 2 is 2.08 bits per heavy atom. The zero-order chi connectivity index (χ0) is 10.5. The van der Waals surface area contributed by atoms with Gasteiger partial charge in [0.2, 0.25) is 0 Å². The van der Waals surface area contributed by atoms with Crippen LogP contribution in [0.2, 0.25) is 0 Å². The predicted molar refractivity (Wildman–Crippen MR) is 49.1 cm³/mol. The lowest BCUT2D eigenvalue weighted by Gasteiger charge is -2.27. The van der Waals surface area contributed by atoms with Gasteiger partial charge >= 0.3 is 5.97 Å². The Bertz CT molecular complexity index is 173. The first kappa shape index (κ1) is 12.3. The van der Waals surface area contributed by atoms with Crippen molar-refractivity contribution in [3.8, 4) is 0 Å². The average molecular weight is 190 g/mol. The summed E-state index contributed by atoms with van der Waals surface area (Å²) in [6.07, 6.45) is 0.531. The van der Waals surface area contributed by atoms with Crippen molar-refractivity contribution < 1.29 is 15.0 Å². The molecular formula is C8H18N2O3. The third-order valence-corrected chi connectivity index (χ3v) is 2.19. The molecule has 2 atom stereocenters. The lowest BCUT2D eigenvalue weighted by atomic mass is 9.88. The van der Waals surface area contributed by atoms with Crippen LogP contribution in [0.25, 0.3) is 0 Å². The fourth-order valence-electron chi connectivity index (χ4n) is 1.06. The fraction of sp³-hybridized carbons (Fsp3) is 0.875. The third-order valence-electron chi connectivity index (χ3n) is 2.19. The number of hydrogen-bond donors (Lipinski definition) is 4. The lowest BCUT2D eigenvalue weighted by molar-refractivity contribution is -0.148. The molecule has 0 heterocycles. The number of carbonyl (C=O) groups is 1. The molecule has 0 saturated carbocycles. The smallest absolute Gasteiger partial charge is 0.326 e. The number of unbranched alkanes of at least 4 members (excludes halogenated alkanes) is 1. The number of carboxylic acids is 1. The summed E-state index contributed by atoms with van der Waals surface area (Å²) in [5, 5.41) is 18.0. The van der Waals surface area contributed by atoms with E-state index in [0.29, 0.717) is 13.0 Å². The number of aliphatic hydroxyl groups is 1. The number of aliphatic carboxylic acids is 1. The summed E-state index contributed by atoms with van der Waals surface area (Å²) in [6, 6.07) is 0. The minimum absolute atomic E-state index is 0.247. The van der Waals surface area contributed by atoms with Crippen molar-refractivity contribution in [3.05, 3.63) is 0 Å². The molecule has 0 aliphatic heterocycles. The van der Waals surface area contributed by atoms with E-state index < -0.39 is 17.6 Å². The van der Waals surface area contributed by atoms with Crippen molar-refractivity contribution in [1.82, 2.24) is 0 Å². The maximum absolute atomic E-state index is 10.7. The molecule has 0 spiro atoms. The van der Waals surface area contributed by atoms with E-state index in [-0.39, 0.29) is 6.42 Å². The number of carboxylic acid groups (broad SMARTS) is 1. The first-order valence-electron chi connectivity index (χ1n) is 4.35. The summed E-state index contributed by atoms with van der Waals surface area (Å²) >= 11 is 0. The highest BCUT2D eigenvalue weighted by atomic mass is 16.4. The van der Waals surface area contributed by atoms with Crippen LogP contribution in [0.4, 0.5) is 0 Å². The molecule has 0 saturated heterocycles. The van der Waals surface area contributed by atoms with Crippen LogP contribution in [-0.2, 0) is 4.79 Å². The van der Waals surface area contributed by atoms with Crippen LogP contribution in [0.15, 0.2) is 0 Å². The fourth-order valence-corrected chi connectivity index (χ4v) is 1.06. The normalized spacial score (nSPS) is 17.8. The number of hydrogen-bond acceptors (Lipinski definition) is 4. The minimum Gasteiger partial charge on any atom is -0.480 e. The molecule has 0 bridgehead atoms. The van der Waals surface area contributed by atoms with E-state index in [0.717, 1.165) is 6.42 Å². The number of rotatable bonds is 6. The molecule has 6 N–H and O–H groups in total. The Balaban J connectivity index is 4.17. The van der Waals surface area contributed by atoms with Gasteiger partial charge in [0.1, 0.15) is 5.54 Å². The molecule has 78 valence electrons. The van der Waals surface area contributed by atoms with Crippen LogP contribution in [0.1, 0.15) is 26.2 Å². The van der Waals surface area contributed by atoms with Gasteiger partial charge in [0.15, 0.2) is 0 Å². The second kappa shape index (κ2) is 5.16. The molecule has 1 unspecified atom stereocenters. The number of aliphatic hydroxyl groups excluding tert-OH is 1. The highest BCUT2D eigenvalue weighted by molar-refractivity contribution is 5.79. The standard InChI is InChI=1S/C8H18N2O3/c1-6(11)8(10,7(12)13)4-2-3-5-9/h6,11H,2-5,9-10H2,1H3,(H,12,13)/t6-,8?/m1/s1. The molecule has 0 rings (SSSR count). The molecule has 5 heteroatoms. The van der Waals surface area contributed by atoms with Gasteiger partial charge in [-0.15, -0.1) is 0 Å². The van der Waals surface area contributed by atoms with Crippen molar-refractivity contribution in [1.29, 1.82) is 0 Å². The second-order valence-electron chi connectivity index (χ2n) is 3.27. The number of nitrogens with two attached hydrogens (primary N) is 2. The maximum Gasteiger partial charge on any atom is 0.326 e. The van der Waals surface area contributed by atoms with Gasteiger partial charge in [0, 0.05) is 0 Å². The minimum atomic E-state index is -1.53. The van der Waals surface area contributed by atoms with Gasteiger partial charge < -0.3 is 21.7 Å². The lowest BCUT2D eigenvalue weighted by Crippen LogP contribution is -2.56. The van der Waals surface area contributed by atoms with Crippen LogP contribution in [0.5, 0.6) is 0 Å². The predicted octanol–water partition coefficient (Wildman–Crippen LogP) is -0.722. The van der Waals surface area contributed by atoms with E-state index in [2.05, 4.69) is 0 Å². The van der Waals surface area contributed by atoms with Crippen molar-refractivity contribution in [2.45, 2.75) is 37.8 Å². The van der Waals surface area contributed by atoms with E-state index in [4.69, 9.17) is 16.6 Å². The molecule has 0 fully saturated rings. The van der Waals surface area contributed by atoms with Gasteiger partial charge in [0.25, 0.3) is 0 Å². The van der Waals surface area contributed by atoms with Gasteiger partial charge in [-0.1, -0.05) is 0 Å². The van der Waals surface area contributed by atoms with Crippen molar-refractivity contribution in [2.24, 2.45) is 11.5 Å². The Morgan fingerprint density at radius 1 is 1.54 bits per heavy atom. The van der Waals surface area contributed by atoms with Gasteiger partial charge in [0.05, 0.1) is 6.10 Å². The van der Waals surface area contributed by atoms with Gasteiger partial charge in [-0.2, -0.15) is 0 Å². The van der Waals surface area contributed by atoms with E-state index in [1.807, 2.05) is 0 Å². The summed E-state index contributed by atoms with van der Waals surface area (Å²) in [5.41, 5.74) is 9.26. The zero-order valence-corrected chi connectivity index (χ0v) is 7.86. The summed E-state index contributed by atoms with van der Waals surface area (Å²) in [4.78, 5) is 10.7. The van der Waals surface area contributed by atoms with Crippen LogP contribution in [-0.4, -0.2) is 34.4 Å². The molecule has 0 amide bonds. The van der Waals surface area contributed by atoms with Gasteiger partial charge in [-0.3, -0.25) is 4.79 Å². The molecule has 13 heavy (non-hydrogen) atoms. The molecule has 0 aromatic rings. The Labute approximate surface area is 77.7 Å². The second-order valence-corrected chi connectivity index (χ2v) is 3.27. The first-order chi connectivity index (χ1) is 5.95. The van der Waals surface area contributed by atoms with Crippen molar-refractivity contribution in [2.75, 3.05) is 6.54 Å². The Morgan fingerprint density at radius 3 is 2.38 bits per heavy atom. The van der Waals surface area contributed by atoms with E-state index in [1.54, 1.807) is 0 Å². The van der Waals surface area contributed by atoms with Crippen molar-refractivity contribution in [3.63, 3.8) is 0 Å². The molecule has 0 aromatic heterocycles. The molecule has 5 nitrogen and oxygen atoms in total. The van der Waals surface area contributed by atoms with Crippen LogP contribution in [0, 0.1) is 0 Å². The Kier molecular flexibility index (Phi) is 4.90. The molecule has 0 aliphatic carbocycles. The highest BCUT2D eigenvalue weighted by Gasteiger charge is 2.38. The van der Waals surface area contributed by atoms with E-state index in [9.17, 15) is 9.90 Å². The summed E-state index contributed by atoms with van der Waals surface area (Å²) in [6.45, 7) is 1.89. The van der Waals surface area contributed by atoms with Gasteiger partial charge in [-0.25, -0.2) is 0 Å².